The van der Waals surface area contributed by atoms with Gasteiger partial charge in [-0.25, -0.2) is 0 Å². The molecule has 0 aromatic heterocycles. The molecule has 0 radical (unpaired) electrons. The minimum Gasteiger partial charge on any atom is -0.484 e. The molecule has 0 bridgehead atoms. The second-order valence-corrected chi connectivity index (χ2v) is 6.40. The van der Waals surface area contributed by atoms with Crippen LogP contribution >= 0.6 is 0 Å². The van der Waals surface area contributed by atoms with E-state index in [1.54, 1.807) is 24.3 Å². The number of carbonyl (C=O) groups is 2. The van der Waals surface area contributed by atoms with Crippen LogP contribution in [0.3, 0.4) is 0 Å². The highest BCUT2D eigenvalue weighted by Crippen LogP contribution is 2.18. The zero-order valence-electron chi connectivity index (χ0n) is 14.5. The molecule has 6 nitrogen and oxygen atoms in total. The van der Waals surface area contributed by atoms with Gasteiger partial charge < -0.3 is 21.1 Å². The zero-order valence-corrected chi connectivity index (χ0v) is 14.5. The van der Waals surface area contributed by atoms with Gasteiger partial charge in [0.15, 0.2) is 6.61 Å². The van der Waals surface area contributed by atoms with Gasteiger partial charge in [0.1, 0.15) is 5.75 Å². The number of nitrogens with two attached hydrogens (primary N) is 1. The number of nitrogen functional groups attached to an aromatic ring is 1. The number of amides is 2. The van der Waals surface area contributed by atoms with E-state index in [0.717, 1.165) is 18.4 Å². The predicted molar refractivity (Wildman–Crippen MR) is 100.0 cm³/mol. The van der Waals surface area contributed by atoms with Crippen LogP contribution in [0.1, 0.15) is 28.8 Å². The van der Waals surface area contributed by atoms with E-state index >= 15 is 0 Å². The highest BCUT2D eigenvalue weighted by Gasteiger charge is 2.23. The molecule has 1 aliphatic carbocycles. The number of hydrogen-bond donors (Lipinski definition) is 3. The predicted octanol–water partition coefficient (Wildman–Crippen LogP) is 1.90. The molecule has 0 aliphatic heterocycles. The number of nitrogens with one attached hydrogen (secondary N) is 2. The first-order valence-electron chi connectivity index (χ1n) is 8.75. The second-order valence-electron chi connectivity index (χ2n) is 6.40. The van der Waals surface area contributed by atoms with E-state index in [1.807, 2.05) is 24.3 Å². The van der Waals surface area contributed by atoms with Crippen molar-refractivity contribution in [3.05, 3.63) is 59.7 Å². The summed E-state index contributed by atoms with van der Waals surface area (Å²) in [5.74, 6) is 0.458. The summed E-state index contributed by atoms with van der Waals surface area (Å²) in [6.45, 7) is 0.570. The van der Waals surface area contributed by atoms with Gasteiger partial charge in [0.25, 0.3) is 11.8 Å². The number of ether oxygens (including phenoxy) is 1. The number of anilines is 1. The molecule has 1 aliphatic rings. The molecule has 2 amide bonds. The number of rotatable bonds is 8. The summed E-state index contributed by atoms with van der Waals surface area (Å²) in [7, 11) is 0. The Hall–Kier alpha value is -3.02. The lowest BCUT2D eigenvalue weighted by Crippen LogP contribution is -2.30. The van der Waals surface area contributed by atoms with Gasteiger partial charge in [-0.15, -0.1) is 0 Å². The van der Waals surface area contributed by atoms with Gasteiger partial charge >= 0.3 is 0 Å². The molecule has 6 heteroatoms. The Morgan fingerprint density at radius 1 is 1.04 bits per heavy atom. The third kappa shape index (κ3) is 5.51. The lowest BCUT2D eigenvalue weighted by Gasteiger charge is -2.08. The van der Waals surface area contributed by atoms with Crippen molar-refractivity contribution in [1.82, 2.24) is 10.6 Å². The lowest BCUT2D eigenvalue weighted by atomic mass is 10.1. The summed E-state index contributed by atoms with van der Waals surface area (Å²) in [4.78, 5) is 23.6. The monoisotopic (exact) mass is 353 g/mol. The molecular weight excluding hydrogens is 330 g/mol. The Kier molecular flexibility index (Phi) is 5.73. The third-order valence-corrected chi connectivity index (χ3v) is 4.11. The number of carbonyl (C=O) groups excluding carboxylic acids is 2. The Balaban J connectivity index is 1.38. The second kappa shape index (κ2) is 8.38. The summed E-state index contributed by atoms with van der Waals surface area (Å²) in [6.07, 6.45) is 2.84. The zero-order chi connectivity index (χ0) is 18.4. The molecule has 136 valence electrons. The lowest BCUT2D eigenvalue weighted by molar-refractivity contribution is -0.123. The number of benzene rings is 2. The molecule has 2 aromatic rings. The summed E-state index contributed by atoms with van der Waals surface area (Å²) in [5.41, 5.74) is 7.92. The molecular formula is C20H23N3O3. The summed E-state index contributed by atoms with van der Waals surface area (Å²) >= 11 is 0. The van der Waals surface area contributed by atoms with Gasteiger partial charge in [-0.2, -0.15) is 0 Å². The first-order valence-corrected chi connectivity index (χ1v) is 8.75. The maximum absolute atomic E-state index is 12.0. The van der Waals surface area contributed by atoms with Crippen molar-refractivity contribution < 1.29 is 14.3 Å². The maximum atomic E-state index is 12.0. The fourth-order valence-electron chi connectivity index (χ4n) is 2.46. The quantitative estimate of drug-likeness (QED) is 0.632. The Morgan fingerprint density at radius 2 is 1.73 bits per heavy atom. The molecule has 1 saturated carbocycles. The molecule has 26 heavy (non-hydrogen) atoms. The fourth-order valence-corrected chi connectivity index (χ4v) is 2.46. The van der Waals surface area contributed by atoms with Gasteiger partial charge in [-0.3, -0.25) is 9.59 Å². The SMILES string of the molecule is Nc1ccc(C(=O)NCCc2ccc(OCC(=O)NC3CC3)cc2)cc1. The molecule has 0 atom stereocenters. The summed E-state index contributed by atoms with van der Waals surface area (Å²) < 4.78 is 5.47. The average molecular weight is 353 g/mol. The largest absolute Gasteiger partial charge is 0.484 e. The minimum absolute atomic E-state index is 0.0352. The topological polar surface area (TPSA) is 93.5 Å². The molecule has 3 rings (SSSR count). The van der Waals surface area contributed by atoms with E-state index in [4.69, 9.17) is 10.5 Å². The standard InChI is InChI=1S/C20H23N3O3/c21-16-5-3-15(4-6-16)20(25)22-12-11-14-1-9-18(10-2-14)26-13-19(24)23-17-7-8-17/h1-6,9-10,17H,7-8,11-13,21H2,(H,22,25)(H,23,24). The van der Waals surface area contributed by atoms with Crippen LogP contribution in [-0.4, -0.2) is 31.0 Å². The van der Waals surface area contributed by atoms with Crippen LogP contribution in [0.2, 0.25) is 0 Å². The van der Waals surface area contributed by atoms with Crippen LogP contribution in [0.25, 0.3) is 0 Å². The van der Waals surface area contributed by atoms with Crippen LogP contribution in [-0.2, 0) is 11.2 Å². The molecule has 4 N–H and O–H groups in total. The van der Waals surface area contributed by atoms with Gasteiger partial charge in [0, 0.05) is 23.8 Å². The highest BCUT2D eigenvalue weighted by atomic mass is 16.5. The summed E-state index contributed by atoms with van der Waals surface area (Å²) in [6, 6.07) is 14.7. The maximum Gasteiger partial charge on any atom is 0.258 e. The van der Waals surface area contributed by atoms with Crippen molar-refractivity contribution in [3.63, 3.8) is 0 Å². The van der Waals surface area contributed by atoms with Crippen LogP contribution in [0.4, 0.5) is 5.69 Å². The van der Waals surface area contributed by atoms with Crippen molar-refractivity contribution in [2.75, 3.05) is 18.9 Å². The van der Waals surface area contributed by atoms with Crippen molar-refractivity contribution >= 4 is 17.5 Å². The van der Waals surface area contributed by atoms with Crippen molar-refractivity contribution in [1.29, 1.82) is 0 Å². The van der Waals surface area contributed by atoms with Gasteiger partial charge in [-0.05, 0) is 61.2 Å². The van der Waals surface area contributed by atoms with E-state index in [1.165, 1.54) is 0 Å². The Labute approximate surface area is 152 Å². The van der Waals surface area contributed by atoms with Gasteiger partial charge in [0.2, 0.25) is 0 Å². The van der Waals surface area contributed by atoms with E-state index in [9.17, 15) is 9.59 Å². The summed E-state index contributed by atoms with van der Waals surface area (Å²) in [5, 5.41) is 5.76. The smallest absolute Gasteiger partial charge is 0.258 e. The number of hydrogen-bond acceptors (Lipinski definition) is 4. The van der Waals surface area contributed by atoms with Crippen LogP contribution in [0.5, 0.6) is 5.75 Å². The first kappa shape index (κ1) is 17.8. The average Bonchev–Trinajstić information content (AvgIpc) is 3.45. The Bertz CT molecular complexity index is 753. The van der Waals surface area contributed by atoms with E-state index in [-0.39, 0.29) is 18.4 Å². The van der Waals surface area contributed by atoms with Crippen LogP contribution < -0.4 is 21.1 Å². The molecule has 0 unspecified atom stereocenters. The highest BCUT2D eigenvalue weighted by molar-refractivity contribution is 5.94. The fraction of sp³-hybridized carbons (Fsp3) is 0.300. The molecule has 0 saturated heterocycles. The van der Waals surface area contributed by atoms with Crippen molar-refractivity contribution in [2.24, 2.45) is 0 Å². The van der Waals surface area contributed by atoms with E-state index in [2.05, 4.69) is 10.6 Å². The minimum atomic E-state index is -0.119. The van der Waals surface area contributed by atoms with Crippen molar-refractivity contribution in [2.45, 2.75) is 25.3 Å². The molecule has 0 spiro atoms. The van der Waals surface area contributed by atoms with Gasteiger partial charge in [-0.1, -0.05) is 12.1 Å². The van der Waals surface area contributed by atoms with E-state index < -0.39 is 0 Å². The van der Waals surface area contributed by atoms with Gasteiger partial charge in [0.05, 0.1) is 0 Å². The third-order valence-electron chi connectivity index (χ3n) is 4.11. The van der Waals surface area contributed by atoms with E-state index in [0.29, 0.717) is 36.0 Å². The first-order chi connectivity index (χ1) is 12.6. The molecule has 1 fully saturated rings. The normalized spacial score (nSPS) is 13.1. The van der Waals surface area contributed by atoms with Crippen LogP contribution in [0, 0.1) is 0 Å². The molecule has 0 heterocycles. The molecule has 2 aromatic carbocycles. The Morgan fingerprint density at radius 3 is 2.38 bits per heavy atom. The van der Waals surface area contributed by atoms with Crippen molar-refractivity contribution in [3.8, 4) is 5.75 Å². The van der Waals surface area contributed by atoms with Crippen LogP contribution in [0.15, 0.2) is 48.5 Å².